The van der Waals surface area contributed by atoms with E-state index in [0.717, 1.165) is 38.5 Å². The van der Waals surface area contributed by atoms with E-state index in [-0.39, 0.29) is 31.1 Å². The van der Waals surface area contributed by atoms with Gasteiger partial charge in [-0.25, -0.2) is 4.57 Å². The van der Waals surface area contributed by atoms with Crippen LogP contribution in [0.3, 0.4) is 0 Å². The van der Waals surface area contributed by atoms with Crippen molar-refractivity contribution in [3.8, 4) is 0 Å². The Morgan fingerprint density at radius 1 is 0.889 bits per heavy atom. The van der Waals surface area contributed by atoms with Crippen LogP contribution in [-0.4, -0.2) is 74.7 Å². The Morgan fingerprint density at radius 3 is 2.22 bits per heavy atom. The summed E-state index contributed by atoms with van der Waals surface area (Å²) in [6.45, 7) is 5.47. The Morgan fingerprint density at radius 2 is 1.56 bits per heavy atom. The highest BCUT2D eigenvalue weighted by atomic mass is 31.2. The zero-order valence-electron chi connectivity index (χ0n) is 27.5. The molecule has 1 fully saturated rings. The van der Waals surface area contributed by atoms with Crippen molar-refractivity contribution >= 4 is 19.8 Å². The smallest absolute Gasteiger partial charge is 0.462 e. The minimum atomic E-state index is -4.84. The highest BCUT2D eigenvalue weighted by Gasteiger charge is 2.39. The molecule has 0 aromatic heterocycles. The number of phosphoric acid groups is 1. The zero-order valence-corrected chi connectivity index (χ0v) is 28.4. The average molecular weight is 663 g/mol. The first-order chi connectivity index (χ1) is 21.3. The van der Waals surface area contributed by atoms with Crippen molar-refractivity contribution in [2.75, 3.05) is 13.2 Å². The number of aliphatic hydroxyl groups is 3. The minimum Gasteiger partial charge on any atom is -0.462 e. The van der Waals surface area contributed by atoms with Gasteiger partial charge in [-0.05, 0) is 31.1 Å². The monoisotopic (exact) mass is 662 g/mol. The van der Waals surface area contributed by atoms with Crippen LogP contribution >= 0.6 is 7.82 Å². The highest BCUT2D eigenvalue weighted by molar-refractivity contribution is 7.46. The van der Waals surface area contributed by atoms with Crippen LogP contribution in [0.15, 0.2) is 24.3 Å². The number of rotatable bonds is 25. The summed E-state index contributed by atoms with van der Waals surface area (Å²) < 4.78 is 26.1. The molecule has 0 amide bonds. The van der Waals surface area contributed by atoms with Crippen molar-refractivity contribution in [2.24, 2.45) is 17.8 Å². The number of esters is 2. The molecule has 0 heterocycles. The van der Waals surface area contributed by atoms with E-state index < -0.39 is 57.4 Å². The van der Waals surface area contributed by atoms with Crippen molar-refractivity contribution in [3.05, 3.63) is 24.3 Å². The minimum absolute atomic E-state index is 0.167. The number of carbonyl (C=O) groups is 2. The van der Waals surface area contributed by atoms with Crippen LogP contribution in [0.5, 0.6) is 0 Å². The molecule has 1 saturated carbocycles. The Bertz CT molecular complexity index is 916. The second kappa shape index (κ2) is 23.7. The maximum absolute atomic E-state index is 12.4. The van der Waals surface area contributed by atoms with E-state index in [1.165, 1.54) is 19.3 Å². The second-order valence-corrected chi connectivity index (χ2v) is 13.8. The summed E-state index contributed by atoms with van der Waals surface area (Å²) in [5.74, 6) is -1.11. The van der Waals surface area contributed by atoms with Gasteiger partial charge in [-0.2, -0.15) is 0 Å². The fraction of sp³-hybridized carbons (Fsp3) is 0.818. The number of allylic oxidation sites excluding steroid dienone is 1. The van der Waals surface area contributed by atoms with E-state index in [0.29, 0.717) is 25.2 Å². The fourth-order valence-electron chi connectivity index (χ4n) is 5.41. The Labute approximate surface area is 269 Å². The lowest BCUT2D eigenvalue weighted by Crippen LogP contribution is -2.29. The molecule has 0 aromatic rings. The zero-order chi connectivity index (χ0) is 33.7. The van der Waals surface area contributed by atoms with E-state index in [2.05, 4.69) is 25.3 Å². The first-order valence-corrected chi connectivity index (χ1v) is 18.3. The van der Waals surface area contributed by atoms with Crippen LogP contribution in [0.25, 0.3) is 0 Å². The van der Waals surface area contributed by atoms with Crippen LogP contribution < -0.4 is 0 Å². The van der Waals surface area contributed by atoms with Crippen molar-refractivity contribution in [1.82, 2.24) is 0 Å². The Hall–Kier alpha value is -1.59. The number of carbonyl (C=O) groups excluding carboxylic acids is 2. The van der Waals surface area contributed by atoms with Gasteiger partial charge in [0.15, 0.2) is 6.10 Å². The summed E-state index contributed by atoms with van der Waals surface area (Å²) >= 11 is 0. The largest absolute Gasteiger partial charge is 0.469 e. The molecule has 0 spiro atoms. The molecule has 5 N–H and O–H groups in total. The summed E-state index contributed by atoms with van der Waals surface area (Å²) in [7, 11) is -4.84. The van der Waals surface area contributed by atoms with Gasteiger partial charge < -0.3 is 34.6 Å². The van der Waals surface area contributed by atoms with Crippen LogP contribution in [0.4, 0.5) is 0 Å². The highest BCUT2D eigenvalue weighted by Crippen LogP contribution is 2.37. The molecule has 0 saturated heterocycles. The van der Waals surface area contributed by atoms with Gasteiger partial charge in [0, 0.05) is 18.8 Å². The van der Waals surface area contributed by atoms with Gasteiger partial charge in [-0.15, -0.1) is 0 Å². The van der Waals surface area contributed by atoms with Crippen molar-refractivity contribution in [3.63, 3.8) is 0 Å². The molecule has 1 aliphatic carbocycles. The molecular formula is C33H59O11P. The molecule has 0 aliphatic heterocycles. The van der Waals surface area contributed by atoms with Gasteiger partial charge in [0.05, 0.1) is 31.3 Å². The van der Waals surface area contributed by atoms with E-state index in [1.54, 1.807) is 24.3 Å². The van der Waals surface area contributed by atoms with Gasteiger partial charge in [0.25, 0.3) is 0 Å². The van der Waals surface area contributed by atoms with Crippen molar-refractivity contribution in [2.45, 2.75) is 141 Å². The summed E-state index contributed by atoms with van der Waals surface area (Å²) in [6.07, 6.45) is 15.0. The molecule has 0 radical (unpaired) electrons. The van der Waals surface area contributed by atoms with Crippen molar-refractivity contribution < 1.29 is 53.3 Å². The van der Waals surface area contributed by atoms with Gasteiger partial charge in [0.1, 0.15) is 6.61 Å². The maximum Gasteiger partial charge on any atom is 0.469 e. The van der Waals surface area contributed by atoms with Crippen LogP contribution in [0, 0.1) is 17.8 Å². The quantitative estimate of drug-likeness (QED) is 0.0360. The van der Waals surface area contributed by atoms with Gasteiger partial charge in [0.2, 0.25) is 0 Å². The van der Waals surface area contributed by atoms with Crippen LogP contribution in [0.2, 0.25) is 0 Å². The lowest BCUT2D eigenvalue weighted by Gasteiger charge is -2.20. The molecule has 0 aromatic carbocycles. The van der Waals surface area contributed by atoms with Crippen LogP contribution in [-0.2, 0) is 28.2 Å². The lowest BCUT2D eigenvalue weighted by atomic mass is 9.89. The Balaban J connectivity index is 2.51. The molecule has 1 aliphatic rings. The molecule has 45 heavy (non-hydrogen) atoms. The standard InChI is InChI=1S/C33H59O11P/c1-4-5-10-16-26(34)20-21-29-28(30(35)22-31(29)36)17-13-14-19-33(38)44-27(24-43-45(39,40)41)23-42-32(37)18-12-9-7-6-8-11-15-25(2)3/h13-14,20-21,25-31,34-36H,4-12,15-19,22-24H2,1-3H3,(H2,39,40,41)/b14-13-,21-20+/t26-,27-,28+,29-,30+,31-/m1/s1. The molecule has 11 nitrogen and oxygen atoms in total. The van der Waals surface area contributed by atoms with Gasteiger partial charge in [-0.1, -0.05) is 103 Å². The average Bonchev–Trinajstić information content (AvgIpc) is 3.23. The Kier molecular flexibility index (Phi) is 21.8. The third-order valence-corrected chi connectivity index (χ3v) is 8.49. The number of phosphoric ester groups is 1. The molecule has 0 bridgehead atoms. The first kappa shape index (κ1) is 41.4. The number of hydrogen-bond acceptors (Lipinski definition) is 9. The molecular weight excluding hydrogens is 603 g/mol. The maximum atomic E-state index is 12.4. The molecule has 262 valence electrons. The summed E-state index contributed by atoms with van der Waals surface area (Å²) in [5.41, 5.74) is 0. The second-order valence-electron chi connectivity index (χ2n) is 12.6. The normalized spacial score (nSPS) is 22.0. The third kappa shape index (κ3) is 21.0. The number of hydrogen-bond donors (Lipinski definition) is 5. The first-order valence-electron chi connectivity index (χ1n) is 16.7. The number of aliphatic hydroxyl groups excluding tert-OH is 3. The van der Waals surface area contributed by atoms with E-state index in [9.17, 15) is 29.5 Å². The van der Waals surface area contributed by atoms with Crippen molar-refractivity contribution in [1.29, 1.82) is 0 Å². The van der Waals surface area contributed by atoms with E-state index >= 15 is 0 Å². The summed E-state index contributed by atoms with van der Waals surface area (Å²) in [5, 5.41) is 31.1. The topological polar surface area (TPSA) is 180 Å². The molecule has 6 atom stereocenters. The third-order valence-electron chi connectivity index (χ3n) is 8.00. The molecule has 0 unspecified atom stereocenters. The van der Waals surface area contributed by atoms with E-state index in [1.807, 2.05) is 0 Å². The van der Waals surface area contributed by atoms with E-state index in [4.69, 9.17) is 19.3 Å². The molecule has 1 rings (SSSR count). The summed E-state index contributed by atoms with van der Waals surface area (Å²) in [6, 6.07) is 0. The fourth-order valence-corrected chi connectivity index (χ4v) is 5.77. The van der Waals surface area contributed by atoms with Gasteiger partial charge in [-0.3, -0.25) is 14.1 Å². The predicted molar refractivity (Wildman–Crippen MR) is 172 cm³/mol. The predicted octanol–water partition coefficient (Wildman–Crippen LogP) is 5.52. The lowest BCUT2D eigenvalue weighted by molar-refractivity contribution is -0.160. The molecule has 12 heteroatoms. The van der Waals surface area contributed by atoms with Gasteiger partial charge >= 0.3 is 19.8 Å². The number of unbranched alkanes of at least 4 members (excludes halogenated alkanes) is 7. The van der Waals surface area contributed by atoms with Crippen LogP contribution in [0.1, 0.15) is 117 Å². The number of ether oxygens (including phenoxy) is 2. The SMILES string of the molecule is CCCCC[C@@H](O)/C=C/[C@@H]1[C@H](C/C=C\CC(=O)O[C@H](COC(=O)CCCCCCCCC(C)C)COP(=O)(O)O)[C@@H](O)C[C@H]1O. The summed E-state index contributed by atoms with van der Waals surface area (Å²) in [4.78, 5) is 42.7.